The number of allylic oxidation sites excluding steroid dienone is 1. The molecule has 0 bridgehead atoms. The minimum atomic E-state index is -0.391. The van der Waals surface area contributed by atoms with E-state index in [2.05, 4.69) is 11.3 Å². The summed E-state index contributed by atoms with van der Waals surface area (Å²) in [5.41, 5.74) is 2.55. The number of methoxy groups -OCH3 is 1. The molecule has 0 spiro atoms. The topological polar surface area (TPSA) is 26.3 Å². The maximum absolute atomic E-state index is 11.3. The third kappa shape index (κ3) is 3.75. The number of benzene rings is 1. The van der Waals surface area contributed by atoms with Crippen LogP contribution in [0.4, 0.5) is 0 Å². The number of esters is 1. The van der Waals surface area contributed by atoms with Gasteiger partial charge in [-0.3, -0.25) is 0 Å². The molecule has 1 aromatic rings. The van der Waals surface area contributed by atoms with Crippen LogP contribution in [0, 0.1) is 0 Å². The number of carbonyl (C=O) groups excluding carboxylic acids is 1. The molecule has 0 aliphatic heterocycles. The zero-order chi connectivity index (χ0) is 12.8. The van der Waals surface area contributed by atoms with Gasteiger partial charge in [-0.2, -0.15) is 0 Å². The Morgan fingerprint density at radius 3 is 2.47 bits per heavy atom. The first-order chi connectivity index (χ1) is 8.08. The SMILES string of the molecule is C=Cc1ccc(C/C(Cl)=C(\C)C(=O)OC)cc1. The van der Waals surface area contributed by atoms with Gasteiger partial charge in [0.1, 0.15) is 0 Å². The molecule has 90 valence electrons. The Balaban J connectivity index is 2.83. The van der Waals surface area contributed by atoms with Gasteiger partial charge in [-0.05, 0) is 18.1 Å². The van der Waals surface area contributed by atoms with Crippen LogP contribution >= 0.6 is 11.6 Å². The molecule has 0 N–H and O–H groups in total. The molecule has 2 nitrogen and oxygen atoms in total. The average molecular weight is 251 g/mol. The highest BCUT2D eigenvalue weighted by atomic mass is 35.5. The molecule has 0 radical (unpaired) electrons. The average Bonchev–Trinajstić information content (AvgIpc) is 2.37. The van der Waals surface area contributed by atoms with Crippen LogP contribution in [-0.2, 0) is 16.0 Å². The van der Waals surface area contributed by atoms with E-state index in [-0.39, 0.29) is 0 Å². The highest BCUT2D eigenvalue weighted by Gasteiger charge is 2.09. The predicted molar refractivity (Wildman–Crippen MR) is 70.8 cm³/mol. The summed E-state index contributed by atoms with van der Waals surface area (Å²) in [6.07, 6.45) is 2.31. The van der Waals surface area contributed by atoms with Crippen LogP contribution in [0.15, 0.2) is 41.4 Å². The summed E-state index contributed by atoms with van der Waals surface area (Å²) in [6.45, 7) is 5.35. The van der Waals surface area contributed by atoms with Crippen LogP contribution in [0.3, 0.4) is 0 Å². The molecule has 0 saturated heterocycles. The molecule has 0 saturated carbocycles. The molecule has 0 heterocycles. The van der Waals surface area contributed by atoms with Crippen LogP contribution < -0.4 is 0 Å². The Morgan fingerprint density at radius 1 is 1.41 bits per heavy atom. The minimum absolute atomic E-state index is 0.391. The first-order valence-corrected chi connectivity index (χ1v) is 5.61. The standard InChI is InChI=1S/C14H15ClO2/c1-4-11-5-7-12(8-6-11)9-13(15)10(2)14(16)17-3/h4-8H,1,9H2,2-3H3/b13-10-. The molecule has 3 heteroatoms. The van der Waals surface area contributed by atoms with Gasteiger partial charge in [-0.15, -0.1) is 0 Å². The van der Waals surface area contributed by atoms with E-state index in [1.165, 1.54) is 7.11 Å². The zero-order valence-electron chi connectivity index (χ0n) is 10.00. The zero-order valence-corrected chi connectivity index (χ0v) is 10.8. The molecule has 17 heavy (non-hydrogen) atoms. The molecule has 1 aromatic carbocycles. The Kier molecular flexibility index (Phi) is 4.98. The number of halogens is 1. The second-order valence-electron chi connectivity index (χ2n) is 3.64. The van der Waals surface area contributed by atoms with Gasteiger partial charge in [0.25, 0.3) is 0 Å². The van der Waals surface area contributed by atoms with E-state index in [4.69, 9.17) is 11.6 Å². The normalized spacial score (nSPS) is 11.7. The van der Waals surface area contributed by atoms with Crippen LogP contribution in [0.1, 0.15) is 18.1 Å². The van der Waals surface area contributed by atoms with Gasteiger partial charge in [0.05, 0.1) is 7.11 Å². The highest BCUT2D eigenvalue weighted by Crippen LogP contribution is 2.17. The van der Waals surface area contributed by atoms with Gasteiger partial charge < -0.3 is 4.74 Å². The minimum Gasteiger partial charge on any atom is -0.466 e. The molecule has 0 aromatic heterocycles. The first kappa shape index (κ1) is 13.5. The lowest BCUT2D eigenvalue weighted by atomic mass is 10.1. The fourth-order valence-electron chi connectivity index (χ4n) is 1.35. The number of hydrogen-bond acceptors (Lipinski definition) is 2. The van der Waals surface area contributed by atoms with Crippen molar-refractivity contribution in [2.75, 3.05) is 7.11 Å². The number of ether oxygens (including phenoxy) is 1. The fourth-order valence-corrected chi connectivity index (χ4v) is 1.58. The lowest BCUT2D eigenvalue weighted by Gasteiger charge is -2.05. The fraction of sp³-hybridized carbons (Fsp3) is 0.214. The van der Waals surface area contributed by atoms with Gasteiger partial charge in [0.15, 0.2) is 0 Å². The summed E-state index contributed by atoms with van der Waals surface area (Å²) < 4.78 is 4.61. The van der Waals surface area contributed by atoms with Crippen LogP contribution in [0.2, 0.25) is 0 Å². The summed E-state index contributed by atoms with van der Waals surface area (Å²) >= 11 is 6.07. The maximum Gasteiger partial charge on any atom is 0.334 e. The van der Waals surface area contributed by atoms with E-state index in [9.17, 15) is 4.79 Å². The van der Waals surface area contributed by atoms with Crippen molar-refractivity contribution in [2.24, 2.45) is 0 Å². The number of hydrogen-bond donors (Lipinski definition) is 0. The van der Waals surface area contributed by atoms with Gasteiger partial charge >= 0.3 is 5.97 Å². The summed E-state index contributed by atoms with van der Waals surface area (Å²) in [6, 6.07) is 7.84. The van der Waals surface area contributed by atoms with Crippen molar-refractivity contribution in [3.8, 4) is 0 Å². The quantitative estimate of drug-likeness (QED) is 0.603. The van der Waals surface area contributed by atoms with Crippen molar-refractivity contribution in [1.82, 2.24) is 0 Å². The third-order valence-corrected chi connectivity index (χ3v) is 2.89. The van der Waals surface area contributed by atoms with Gasteiger partial charge in [-0.1, -0.05) is 48.5 Å². The second-order valence-corrected chi connectivity index (χ2v) is 4.10. The first-order valence-electron chi connectivity index (χ1n) is 5.23. The van der Waals surface area contributed by atoms with E-state index in [0.717, 1.165) is 11.1 Å². The molecule has 0 amide bonds. The molecule has 0 aliphatic carbocycles. The van der Waals surface area contributed by atoms with E-state index >= 15 is 0 Å². The molecular weight excluding hydrogens is 236 g/mol. The second kappa shape index (κ2) is 6.26. The highest BCUT2D eigenvalue weighted by molar-refractivity contribution is 6.31. The Bertz CT molecular complexity index is 444. The largest absolute Gasteiger partial charge is 0.466 e. The van der Waals surface area contributed by atoms with E-state index < -0.39 is 5.97 Å². The summed E-state index contributed by atoms with van der Waals surface area (Å²) in [7, 11) is 1.34. The molecule has 0 unspecified atom stereocenters. The molecule has 0 aliphatic rings. The maximum atomic E-state index is 11.3. The Labute approximate surface area is 107 Å². The number of carbonyl (C=O) groups is 1. The van der Waals surface area contributed by atoms with Crippen LogP contribution in [-0.4, -0.2) is 13.1 Å². The molecular formula is C14H15ClO2. The van der Waals surface area contributed by atoms with E-state index in [1.54, 1.807) is 13.0 Å². The van der Waals surface area contributed by atoms with Crippen molar-refractivity contribution in [1.29, 1.82) is 0 Å². The van der Waals surface area contributed by atoms with Crippen LogP contribution in [0.5, 0.6) is 0 Å². The van der Waals surface area contributed by atoms with Crippen molar-refractivity contribution in [3.63, 3.8) is 0 Å². The van der Waals surface area contributed by atoms with Crippen molar-refractivity contribution in [3.05, 3.63) is 52.6 Å². The summed E-state index contributed by atoms with van der Waals surface area (Å²) in [4.78, 5) is 11.3. The smallest absolute Gasteiger partial charge is 0.334 e. The molecule has 0 atom stereocenters. The predicted octanol–water partition coefficient (Wildman–Crippen LogP) is 3.56. The van der Waals surface area contributed by atoms with Crippen molar-refractivity contribution < 1.29 is 9.53 Å². The van der Waals surface area contributed by atoms with E-state index in [0.29, 0.717) is 17.0 Å². The van der Waals surface area contributed by atoms with Crippen molar-refractivity contribution in [2.45, 2.75) is 13.3 Å². The van der Waals surface area contributed by atoms with Gasteiger partial charge in [0.2, 0.25) is 0 Å². The summed E-state index contributed by atoms with van der Waals surface area (Å²) in [5, 5.41) is 0.503. The van der Waals surface area contributed by atoms with E-state index in [1.807, 2.05) is 24.3 Å². The van der Waals surface area contributed by atoms with Crippen LogP contribution in [0.25, 0.3) is 6.08 Å². The number of rotatable bonds is 4. The molecule has 0 fully saturated rings. The van der Waals surface area contributed by atoms with Gasteiger partial charge in [-0.25, -0.2) is 4.79 Å². The van der Waals surface area contributed by atoms with Crippen molar-refractivity contribution >= 4 is 23.6 Å². The monoisotopic (exact) mass is 250 g/mol. The summed E-state index contributed by atoms with van der Waals surface area (Å²) in [5.74, 6) is -0.391. The lowest BCUT2D eigenvalue weighted by molar-refractivity contribution is -0.136. The Hall–Kier alpha value is -1.54. The Morgan fingerprint density at radius 2 is 2.00 bits per heavy atom. The van der Waals surface area contributed by atoms with Gasteiger partial charge in [0, 0.05) is 17.0 Å². The molecule has 1 rings (SSSR count). The third-order valence-electron chi connectivity index (χ3n) is 2.47. The lowest BCUT2D eigenvalue weighted by Crippen LogP contribution is -2.04.